The summed E-state index contributed by atoms with van der Waals surface area (Å²) in [6.45, 7) is 0.780. The van der Waals surface area contributed by atoms with E-state index in [4.69, 9.17) is 9.47 Å². The van der Waals surface area contributed by atoms with Crippen LogP contribution in [0.25, 0.3) is 10.9 Å². The molecule has 0 saturated heterocycles. The van der Waals surface area contributed by atoms with E-state index in [0.29, 0.717) is 19.0 Å². The van der Waals surface area contributed by atoms with E-state index in [1.54, 1.807) is 18.3 Å². The van der Waals surface area contributed by atoms with Gasteiger partial charge < -0.3 is 9.47 Å². The van der Waals surface area contributed by atoms with E-state index in [2.05, 4.69) is 4.98 Å². The van der Waals surface area contributed by atoms with E-state index in [9.17, 15) is 4.39 Å². The van der Waals surface area contributed by atoms with Crippen LogP contribution >= 0.6 is 0 Å². The third kappa shape index (κ3) is 3.28. The molecule has 0 atom stereocenters. The van der Waals surface area contributed by atoms with Gasteiger partial charge in [-0.2, -0.15) is 0 Å². The summed E-state index contributed by atoms with van der Waals surface area (Å²) in [6, 6.07) is 15.6. The molecular weight excluding hydrogens is 269 g/mol. The van der Waals surface area contributed by atoms with Gasteiger partial charge in [-0.1, -0.05) is 18.2 Å². The molecule has 0 N–H and O–H groups in total. The number of hydrogen-bond donors (Lipinski definition) is 0. The minimum Gasteiger partial charge on any atom is -0.490 e. The van der Waals surface area contributed by atoms with Crippen molar-refractivity contribution in [2.45, 2.75) is 0 Å². The highest BCUT2D eigenvalue weighted by Gasteiger charge is 2.02. The van der Waals surface area contributed by atoms with E-state index in [0.717, 1.165) is 16.7 Å². The lowest BCUT2D eigenvalue weighted by Gasteiger charge is -2.09. The summed E-state index contributed by atoms with van der Waals surface area (Å²) in [6.07, 6.45) is 1.74. The first-order valence-electron chi connectivity index (χ1n) is 6.68. The van der Waals surface area contributed by atoms with Gasteiger partial charge in [0, 0.05) is 11.6 Å². The lowest BCUT2D eigenvalue weighted by Crippen LogP contribution is -2.09. The number of pyridine rings is 1. The maximum Gasteiger partial charge on any atom is 0.145 e. The molecule has 0 unspecified atom stereocenters. The van der Waals surface area contributed by atoms with Gasteiger partial charge in [-0.25, -0.2) is 4.39 Å². The first-order chi connectivity index (χ1) is 10.3. The lowest BCUT2D eigenvalue weighted by atomic mass is 10.2. The summed E-state index contributed by atoms with van der Waals surface area (Å²) in [5, 5.41) is 1.04. The Kier molecular flexibility index (Phi) is 3.96. The number of nitrogens with zero attached hydrogens (tertiary/aromatic N) is 1. The summed E-state index contributed by atoms with van der Waals surface area (Å²) < 4.78 is 23.9. The van der Waals surface area contributed by atoms with Gasteiger partial charge in [0.1, 0.15) is 36.0 Å². The van der Waals surface area contributed by atoms with Crippen LogP contribution in [0.2, 0.25) is 0 Å². The van der Waals surface area contributed by atoms with Gasteiger partial charge in [0.25, 0.3) is 0 Å². The fourth-order valence-electron chi connectivity index (χ4n) is 2.03. The molecule has 0 aliphatic heterocycles. The highest BCUT2D eigenvalue weighted by atomic mass is 19.1. The zero-order chi connectivity index (χ0) is 14.5. The summed E-state index contributed by atoms with van der Waals surface area (Å²) in [7, 11) is 0. The van der Waals surface area contributed by atoms with Crippen LogP contribution < -0.4 is 9.47 Å². The van der Waals surface area contributed by atoms with Crippen LogP contribution in [0, 0.1) is 5.82 Å². The topological polar surface area (TPSA) is 31.4 Å². The van der Waals surface area contributed by atoms with Gasteiger partial charge in [0.2, 0.25) is 0 Å². The van der Waals surface area contributed by atoms with E-state index in [1.807, 2.05) is 30.3 Å². The van der Waals surface area contributed by atoms with Gasteiger partial charge in [0.05, 0.1) is 0 Å². The Bertz CT molecular complexity index is 723. The molecule has 1 aromatic heterocycles. The van der Waals surface area contributed by atoms with E-state index in [1.165, 1.54) is 12.1 Å². The molecule has 3 aromatic rings. The van der Waals surface area contributed by atoms with E-state index in [-0.39, 0.29) is 5.82 Å². The molecule has 0 fully saturated rings. The van der Waals surface area contributed by atoms with Gasteiger partial charge in [-0.3, -0.25) is 4.98 Å². The highest BCUT2D eigenvalue weighted by Crippen LogP contribution is 2.22. The molecule has 4 heteroatoms. The molecule has 1 heterocycles. The second kappa shape index (κ2) is 6.22. The molecular formula is C17H14FNO2. The normalized spacial score (nSPS) is 10.5. The summed E-state index contributed by atoms with van der Waals surface area (Å²) >= 11 is 0. The number of fused-ring (bicyclic) bond motifs is 1. The van der Waals surface area contributed by atoms with E-state index < -0.39 is 0 Å². The number of halogens is 1. The van der Waals surface area contributed by atoms with Gasteiger partial charge in [-0.15, -0.1) is 0 Å². The number of para-hydroxylation sites is 1. The SMILES string of the molecule is Fc1ccc(OCCOc2cccc3cccnc23)cc1. The third-order valence-corrected chi connectivity index (χ3v) is 3.02. The molecule has 0 aliphatic carbocycles. The standard InChI is InChI=1S/C17H14FNO2/c18-14-6-8-15(9-7-14)20-11-12-21-16-5-1-3-13-4-2-10-19-17(13)16/h1-10H,11-12H2. The number of hydrogen-bond acceptors (Lipinski definition) is 3. The quantitative estimate of drug-likeness (QED) is 0.667. The zero-order valence-electron chi connectivity index (χ0n) is 11.3. The third-order valence-electron chi connectivity index (χ3n) is 3.02. The Labute approximate surface area is 122 Å². The first kappa shape index (κ1) is 13.4. The Morgan fingerprint density at radius 3 is 2.48 bits per heavy atom. The van der Waals surface area contributed by atoms with Crippen molar-refractivity contribution >= 4 is 10.9 Å². The Morgan fingerprint density at radius 1 is 0.857 bits per heavy atom. The number of benzene rings is 2. The maximum atomic E-state index is 12.8. The van der Waals surface area contributed by atoms with Crippen LogP contribution in [0.3, 0.4) is 0 Å². The molecule has 0 bridgehead atoms. The van der Waals surface area contributed by atoms with Crippen molar-refractivity contribution < 1.29 is 13.9 Å². The minimum atomic E-state index is -0.277. The molecule has 3 rings (SSSR count). The van der Waals surface area contributed by atoms with Crippen LogP contribution in [0.5, 0.6) is 11.5 Å². The zero-order valence-corrected chi connectivity index (χ0v) is 11.3. The van der Waals surface area contributed by atoms with Crippen molar-refractivity contribution in [1.82, 2.24) is 4.98 Å². The minimum absolute atomic E-state index is 0.277. The van der Waals surface area contributed by atoms with Crippen molar-refractivity contribution in [2.24, 2.45) is 0 Å². The van der Waals surface area contributed by atoms with Crippen molar-refractivity contribution in [2.75, 3.05) is 13.2 Å². The molecule has 0 saturated carbocycles. The average molecular weight is 283 g/mol. The van der Waals surface area contributed by atoms with Gasteiger partial charge in [-0.05, 0) is 36.4 Å². The number of rotatable bonds is 5. The van der Waals surface area contributed by atoms with E-state index >= 15 is 0 Å². The van der Waals surface area contributed by atoms with Crippen molar-refractivity contribution in [3.05, 3.63) is 66.6 Å². The van der Waals surface area contributed by atoms with Crippen molar-refractivity contribution in [1.29, 1.82) is 0 Å². The molecule has 3 nitrogen and oxygen atoms in total. The molecule has 2 aromatic carbocycles. The van der Waals surface area contributed by atoms with Crippen LogP contribution in [-0.2, 0) is 0 Å². The molecule has 0 spiro atoms. The van der Waals surface area contributed by atoms with Crippen molar-refractivity contribution in [3.8, 4) is 11.5 Å². The molecule has 106 valence electrons. The maximum absolute atomic E-state index is 12.8. The fourth-order valence-corrected chi connectivity index (χ4v) is 2.03. The van der Waals surface area contributed by atoms with Crippen molar-refractivity contribution in [3.63, 3.8) is 0 Å². The van der Waals surface area contributed by atoms with Crippen LogP contribution in [0.15, 0.2) is 60.8 Å². The first-order valence-corrected chi connectivity index (χ1v) is 6.68. The Morgan fingerprint density at radius 2 is 1.62 bits per heavy atom. The largest absolute Gasteiger partial charge is 0.490 e. The average Bonchev–Trinajstić information content (AvgIpc) is 2.53. The predicted molar refractivity (Wildman–Crippen MR) is 79.1 cm³/mol. The second-order valence-electron chi connectivity index (χ2n) is 4.48. The Hall–Kier alpha value is -2.62. The molecule has 21 heavy (non-hydrogen) atoms. The fraction of sp³-hybridized carbons (Fsp3) is 0.118. The Balaban J connectivity index is 1.58. The highest BCUT2D eigenvalue weighted by molar-refractivity contribution is 5.84. The molecule has 0 amide bonds. The summed E-state index contributed by atoms with van der Waals surface area (Å²) in [5.41, 5.74) is 0.835. The summed E-state index contributed by atoms with van der Waals surface area (Å²) in [4.78, 5) is 4.32. The van der Waals surface area contributed by atoms with Crippen LogP contribution in [-0.4, -0.2) is 18.2 Å². The van der Waals surface area contributed by atoms with Gasteiger partial charge in [0.15, 0.2) is 0 Å². The van der Waals surface area contributed by atoms with Gasteiger partial charge >= 0.3 is 0 Å². The van der Waals surface area contributed by atoms with Crippen LogP contribution in [0.1, 0.15) is 0 Å². The second-order valence-corrected chi connectivity index (χ2v) is 4.48. The predicted octanol–water partition coefficient (Wildman–Crippen LogP) is 3.83. The lowest BCUT2D eigenvalue weighted by molar-refractivity contribution is 0.218. The molecule has 0 radical (unpaired) electrons. The summed E-state index contributed by atoms with van der Waals surface area (Å²) in [5.74, 6) is 1.08. The smallest absolute Gasteiger partial charge is 0.145 e. The number of aromatic nitrogens is 1. The van der Waals surface area contributed by atoms with Crippen LogP contribution in [0.4, 0.5) is 4.39 Å². The monoisotopic (exact) mass is 283 g/mol. The molecule has 0 aliphatic rings. The number of ether oxygens (including phenoxy) is 2.